The van der Waals surface area contributed by atoms with Crippen molar-refractivity contribution in [3.05, 3.63) is 44.6 Å². The molecule has 0 fully saturated rings. The number of urea groups is 1. The molecule has 2 aromatic rings. The molecule has 0 radical (unpaired) electrons. The van der Waals surface area contributed by atoms with Crippen molar-refractivity contribution in [2.24, 2.45) is 0 Å². The molecule has 0 aliphatic carbocycles. The van der Waals surface area contributed by atoms with Crippen LogP contribution in [0.1, 0.15) is 17.6 Å². The first-order chi connectivity index (χ1) is 10.1. The van der Waals surface area contributed by atoms with Crippen molar-refractivity contribution in [1.82, 2.24) is 10.3 Å². The molecule has 1 aromatic heterocycles. The number of carbonyl (C=O) groups is 1. The Bertz CT molecular complexity index is 632. The highest BCUT2D eigenvalue weighted by molar-refractivity contribution is 9.10. The maximum atomic E-state index is 12.9. The molecular formula is C14H15BrFN3OS. The molecule has 0 atom stereocenters. The summed E-state index contributed by atoms with van der Waals surface area (Å²) in [5.74, 6) is -0.358. The molecule has 112 valence electrons. The van der Waals surface area contributed by atoms with Gasteiger partial charge in [-0.25, -0.2) is 14.2 Å². The van der Waals surface area contributed by atoms with E-state index in [0.717, 1.165) is 17.1 Å². The quantitative estimate of drug-likeness (QED) is 0.835. The van der Waals surface area contributed by atoms with Crippen molar-refractivity contribution in [3.8, 4) is 0 Å². The van der Waals surface area contributed by atoms with E-state index in [1.807, 2.05) is 5.38 Å². The lowest BCUT2D eigenvalue weighted by atomic mass is 10.3. The minimum atomic E-state index is -0.358. The predicted octanol–water partition coefficient (Wildman–Crippen LogP) is 3.97. The molecule has 0 saturated heterocycles. The molecule has 1 heterocycles. The third-order valence-electron chi connectivity index (χ3n) is 2.75. The summed E-state index contributed by atoms with van der Waals surface area (Å²) in [7, 11) is 0. The first-order valence-electron chi connectivity index (χ1n) is 6.51. The Labute approximate surface area is 134 Å². The van der Waals surface area contributed by atoms with Crippen LogP contribution in [0, 0.1) is 5.82 Å². The number of carbonyl (C=O) groups excluding carboxylic acids is 1. The van der Waals surface area contributed by atoms with Gasteiger partial charge in [-0.1, -0.05) is 6.92 Å². The fraction of sp³-hybridized carbons (Fsp3) is 0.286. The Morgan fingerprint density at radius 2 is 2.29 bits per heavy atom. The Kier molecular flexibility index (Phi) is 5.69. The van der Waals surface area contributed by atoms with Gasteiger partial charge in [0.2, 0.25) is 0 Å². The minimum absolute atomic E-state index is 0.326. The summed E-state index contributed by atoms with van der Waals surface area (Å²) in [5, 5.41) is 8.52. The standard InChI is InChI=1S/C14H15BrFN3OS/c1-2-13-18-10(8-21-13)5-6-17-14(20)19-12-4-3-9(16)7-11(12)15/h3-4,7-8H,2,5-6H2,1H3,(H2,17,19,20). The van der Waals surface area contributed by atoms with Gasteiger partial charge in [0.25, 0.3) is 0 Å². The highest BCUT2D eigenvalue weighted by atomic mass is 79.9. The number of aromatic nitrogens is 1. The van der Waals surface area contributed by atoms with Crippen LogP contribution in [0.25, 0.3) is 0 Å². The monoisotopic (exact) mass is 371 g/mol. The van der Waals surface area contributed by atoms with Gasteiger partial charge in [-0.3, -0.25) is 0 Å². The molecule has 1 aromatic carbocycles. The average Bonchev–Trinajstić information content (AvgIpc) is 2.90. The van der Waals surface area contributed by atoms with Crippen LogP contribution in [-0.2, 0) is 12.8 Å². The molecule has 0 aliphatic rings. The van der Waals surface area contributed by atoms with E-state index in [-0.39, 0.29) is 11.8 Å². The summed E-state index contributed by atoms with van der Waals surface area (Å²) >= 11 is 4.83. The van der Waals surface area contributed by atoms with Crippen LogP contribution in [0.5, 0.6) is 0 Å². The average molecular weight is 372 g/mol. The number of halogens is 2. The largest absolute Gasteiger partial charge is 0.337 e. The number of nitrogens with zero attached hydrogens (tertiary/aromatic N) is 1. The maximum Gasteiger partial charge on any atom is 0.319 e. The topological polar surface area (TPSA) is 54.0 Å². The number of hydrogen-bond acceptors (Lipinski definition) is 3. The second kappa shape index (κ2) is 7.51. The number of aryl methyl sites for hydroxylation is 1. The van der Waals surface area contributed by atoms with Crippen LogP contribution in [0.4, 0.5) is 14.9 Å². The van der Waals surface area contributed by atoms with E-state index in [4.69, 9.17) is 0 Å². The Morgan fingerprint density at radius 1 is 1.48 bits per heavy atom. The van der Waals surface area contributed by atoms with E-state index in [2.05, 4.69) is 38.5 Å². The van der Waals surface area contributed by atoms with E-state index < -0.39 is 0 Å². The smallest absolute Gasteiger partial charge is 0.319 e. The van der Waals surface area contributed by atoms with Crippen LogP contribution < -0.4 is 10.6 Å². The van der Waals surface area contributed by atoms with Crippen molar-refractivity contribution in [3.63, 3.8) is 0 Å². The summed E-state index contributed by atoms with van der Waals surface area (Å²) in [6.07, 6.45) is 1.62. The van der Waals surface area contributed by atoms with E-state index >= 15 is 0 Å². The number of benzene rings is 1. The van der Waals surface area contributed by atoms with Gasteiger partial charge in [-0.15, -0.1) is 11.3 Å². The van der Waals surface area contributed by atoms with Crippen LogP contribution >= 0.6 is 27.3 Å². The number of hydrogen-bond donors (Lipinski definition) is 2. The van der Waals surface area contributed by atoms with Crippen LogP contribution in [0.2, 0.25) is 0 Å². The Balaban J connectivity index is 1.79. The highest BCUT2D eigenvalue weighted by Crippen LogP contribution is 2.22. The van der Waals surface area contributed by atoms with Gasteiger partial charge in [0.1, 0.15) is 5.82 Å². The van der Waals surface area contributed by atoms with Gasteiger partial charge in [-0.05, 0) is 40.5 Å². The maximum absolute atomic E-state index is 12.9. The summed E-state index contributed by atoms with van der Waals surface area (Å²) in [4.78, 5) is 16.2. The lowest BCUT2D eigenvalue weighted by Crippen LogP contribution is -2.30. The van der Waals surface area contributed by atoms with Crippen molar-refractivity contribution in [1.29, 1.82) is 0 Å². The Morgan fingerprint density at radius 3 is 2.95 bits per heavy atom. The minimum Gasteiger partial charge on any atom is -0.337 e. The third kappa shape index (κ3) is 4.78. The van der Waals surface area contributed by atoms with Crippen LogP contribution in [0.15, 0.2) is 28.1 Å². The van der Waals surface area contributed by atoms with Crippen LogP contribution in [-0.4, -0.2) is 17.6 Å². The zero-order valence-corrected chi connectivity index (χ0v) is 13.9. The van der Waals surface area contributed by atoms with Crippen LogP contribution in [0.3, 0.4) is 0 Å². The van der Waals surface area contributed by atoms with Gasteiger partial charge in [0.15, 0.2) is 0 Å². The summed E-state index contributed by atoms with van der Waals surface area (Å²) in [6, 6.07) is 3.78. The van der Waals surface area contributed by atoms with E-state index in [9.17, 15) is 9.18 Å². The third-order valence-corrected chi connectivity index (χ3v) is 4.45. The first kappa shape index (κ1) is 15.9. The van der Waals surface area contributed by atoms with Crippen molar-refractivity contribution >= 4 is 39.0 Å². The van der Waals surface area contributed by atoms with Crippen molar-refractivity contribution in [2.75, 3.05) is 11.9 Å². The second-order valence-corrected chi connectivity index (χ2v) is 6.14. The molecule has 7 heteroatoms. The predicted molar refractivity (Wildman–Crippen MR) is 86.3 cm³/mol. The van der Waals surface area contributed by atoms with E-state index in [1.54, 1.807) is 11.3 Å². The van der Waals surface area contributed by atoms with Gasteiger partial charge in [0, 0.05) is 22.8 Å². The van der Waals surface area contributed by atoms with Crippen molar-refractivity contribution < 1.29 is 9.18 Å². The fourth-order valence-corrected chi connectivity index (χ4v) is 2.92. The molecular weight excluding hydrogens is 357 g/mol. The lowest BCUT2D eigenvalue weighted by molar-refractivity contribution is 0.252. The molecule has 21 heavy (non-hydrogen) atoms. The number of rotatable bonds is 5. The zero-order chi connectivity index (χ0) is 15.2. The number of thiazole rings is 1. The number of anilines is 1. The molecule has 0 aliphatic heterocycles. The highest BCUT2D eigenvalue weighted by Gasteiger charge is 2.06. The molecule has 0 unspecified atom stereocenters. The van der Waals surface area contributed by atoms with Gasteiger partial charge < -0.3 is 10.6 Å². The van der Waals surface area contributed by atoms with Gasteiger partial charge >= 0.3 is 6.03 Å². The summed E-state index contributed by atoms with van der Waals surface area (Å²) in [5.41, 5.74) is 1.51. The van der Waals surface area contributed by atoms with E-state index in [1.165, 1.54) is 18.2 Å². The normalized spacial score (nSPS) is 10.4. The molecule has 0 spiro atoms. The molecule has 2 amide bonds. The SMILES string of the molecule is CCc1nc(CCNC(=O)Nc2ccc(F)cc2Br)cs1. The first-order valence-corrected chi connectivity index (χ1v) is 8.19. The molecule has 2 N–H and O–H groups in total. The summed E-state index contributed by atoms with van der Waals surface area (Å²) < 4.78 is 13.4. The van der Waals surface area contributed by atoms with Gasteiger partial charge in [0.05, 0.1) is 16.4 Å². The number of amides is 2. The summed E-state index contributed by atoms with van der Waals surface area (Å²) in [6.45, 7) is 2.56. The lowest BCUT2D eigenvalue weighted by Gasteiger charge is -2.08. The molecule has 0 bridgehead atoms. The molecule has 2 rings (SSSR count). The van der Waals surface area contributed by atoms with E-state index in [0.29, 0.717) is 23.1 Å². The van der Waals surface area contributed by atoms with Crippen molar-refractivity contribution in [2.45, 2.75) is 19.8 Å². The zero-order valence-electron chi connectivity index (χ0n) is 11.5. The second-order valence-electron chi connectivity index (χ2n) is 4.34. The fourth-order valence-electron chi connectivity index (χ4n) is 1.69. The number of nitrogens with one attached hydrogen (secondary N) is 2. The van der Waals surface area contributed by atoms with Gasteiger partial charge in [-0.2, -0.15) is 0 Å². The Hall–Kier alpha value is -1.47. The molecule has 0 saturated carbocycles. The molecule has 4 nitrogen and oxygen atoms in total.